The molecule has 0 bridgehead atoms. The molecule has 0 saturated carbocycles. The van der Waals surface area contributed by atoms with Crippen LogP contribution in [0.25, 0.3) is 0 Å². The van der Waals surface area contributed by atoms with Crippen LogP contribution in [0.5, 0.6) is 0 Å². The van der Waals surface area contributed by atoms with E-state index in [1.54, 1.807) is 0 Å². The van der Waals surface area contributed by atoms with Gasteiger partial charge in [-0.25, -0.2) is 4.79 Å². The first-order valence-corrected chi connectivity index (χ1v) is 3.85. The van der Waals surface area contributed by atoms with Crippen LogP contribution in [0.1, 0.15) is 22.5 Å². The van der Waals surface area contributed by atoms with Crippen molar-refractivity contribution in [1.82, 2.24) is 0 Å². The Bertz CT molecular complexity index is 441. The Morgan fingerprint density at radius 2 is 1.85 bits per heavy atom. The molecule has 4 heteroatoms. The minimum Gasteiger partial charge on any atom is -0.427 e. The molecule has 1 aliphatic carbocycles. The van der Waals surface area contributed by atoms with Crippen molar-refractivity contribution in [2.24, 2.45) is 0 Å². The lowest BCUT2D eigenvalue weighted by atomic mass is 9.95. The summed E-state index contributed by atoms with van der Waals surface area (Å²) < 4.78 is 4.74. The topological polar surface area (TPSA) is 64.3 Å². The van der Waals surface area contributed by atoms with E-state index in [0.29, 0.717) is 5.56 Å². The summed E-state index contributed by atoms with van der Waals surface area (Å²) in [5, 5.41) is 0. The number of rotatable bonds is 0. The highest BCUT2D eigenvalue weighted by molar-refractivity contribution is 6.12. The zero-order valence-electron chi connectivity index (χ0n) is 6.70. The molecular weight excluding hydrogens is 172 g/mol. The summed E-state index contributed by atoms with van der Waals surface area (Å²) in [7, 11) is 0. The smallest absolute Gasteiger partial charge is 0.335 e. The van der Waals surface area contributed by atoms with Gasteiger partial charge in [0.2, 0.25) is 0 Å². The zero-order valence-corrected chi connectivity index (χ0v) is 6.70. The normalized spacial score (nSPS) is 15.7. The highest BCUT2D eigenvalue weighted by Gasteiger charge is 2.24. The Hall–Kier alpha value is -1.71. The van der Waals surface area contributed by atoms with E-state index in [2.05, 4.69) is 0 Å². The fraction of sp³-hybridized carbons (Fsp3) is 0.222. The van der Waals surface area contributed by atoms with E-state index in [9.17, 15) is 14.4 Å². The maximum atomic E-state index is 11.2. The molecule has 0 radical (unpaired) electrons. The van der Waals surface area contributed by atoms with Crippen molar-refractivity contribution < 1.29 is 14.0 Å². The third-order valence-electron chi connectivity index (χ3n) is 1.93. The van der Waals surface area contributed by atoms with Crippen molar-refractivity contribution >= 4 is 11.6 Å². The van der Waals surface area contributed by atoms with Crippen LogP contribution in [0, 0.1) is 0 Å². The van der Waals surface area contributed by atoms with Crippen molar-refractivity contribution in [2.75, 3.05) is 0 Å². The number of Topliss-reactive ketones (excluding diaryl/α,β-unsaturated/α-hetero) is 2. The van der Waals surface area contributed by atoms with Crippen LogP contribution in [0.3, 0.4) is 0 Å². The molecule has 1 aromatic rings. The molecule has 2 rings (SSSR count). The van der Waals surface area contributed by atoms with Crippen LogP contribution in [0.15, 0.2) is 21.3 Å². The molecular formula is C9H6O4. The van der Waals surface area contributed by atoms with Gasteiger partial charge in [-0.1, -0.05) is 0 Å². The molecule has 0 amide bonds. The van der Waals surface area contributed by atoms with E-state index in [1.165, 1.54) is 12.1 Å². The summed E-state index contributed by atoms with van der Waals surface area (Å²) in [6.45, 7) is 0. The van der Waals surface area contributed by atoms with E-state index >= 15 is 0 Å². The summed E-state index contributed by atoms with van der Waals surface area (Å²) in [6, 6.07) is 2.60. The van der Waals surface area contributed by atoms with Gasteiger partial charge in [0.15, 0.2) is 5.78 Å². The van der Waals surface area contributed by atoms with Gasteiger partial charge < -0.3 is 4.42 Å². The molecule has 1 heterocycles. The van der Waals surface area contributed by atoms with E-state index in [-0.39, 0.29) is 30.2 Å². The molecule has 66 valence electrons. The van der Waals surface area contributed by atoms with E-state index in [1.807, 2.05) is 0 Å². The van der Waals surface area contributed by atoms with Crippen LogP contribution in [-0.2, 0) is 11.2 Å². The lowest BCUT2D eigenvalue weighted by Crippen LogP contribution is -2.21. The Morgan fingerprint density at radius 3 is 2.62 bits per heavy atom. The number of hydrogen-bond acceptors (Lipinski definition) is 4. The van der Waals surface area contributed by atoms with Crippen LogP contribution in [0.4, 0.5) is 0 Å². The summed E-state index contributed by atoms with van der Waals surface area (Å²) in [5.74, 6) is -0.268. The minimum absolute atomic E-state index is 0.0527. The first-order chi connectivity index (χ1) is 6.16. The van der Waals surface area contributed by atoms with Crippen molar-refractivity contribution in [3.05, 3.63) is 33.9 Å². The largest absolute Gasteiger partial charge is 0.427 e. The predicted octanol–water partition coefficient (Wildman–Crippen LogP) is 0.338. The van der Waals surface area contributed by atoms with E-state index in [0.717, 1.165) is 0 Å². The van der Waals surface area contributed by atoms with Crippen molar-refractivity contribution in [3.63, 3.8) is 0 Å². The second kappa shape index (κ2) is 2.65. The van der Waals surface area contributed by atoms with Crippen molar-refractivity contribution in [1.29, 1.82) is 0 Å². The Kier molecular flexibility index (Phi) is 1.62. The highest BCUT2D eigenvalue weighted by atomic mass is 16.4. The van der Waals surface area contributed by atoms with Crippen LogP contribution < -0.4 is 5.63 Å². The van der Waals surface area contributed by atoms with Gasteiger partial charge in [-0.3, -0.25) is 9.59 Å². The van der Waals surface area contributed by atoms with Crippen LogP contribution in [0.2, 0.25) is 0 Å². The van der Waals surface area contributed by atoms with E-state index in [4.69, 9.17) is 4.42 Å². The Morgan fingerprint density at radius 1 is 1.08 bits per heavy atom. The molecule has 0 spiro atoms. The molecule has 0 atom stereocenters. The molecule has 4 nitrogen and oxygen atoms in total. The van der Waals surface area contributed by atoms with Gasteiger partial charge in [0, 0.05) is 6.07 Å². The predicted molar refractivity (Wildman–Crippen MR) is 42.6 cm³/mol. The van der Waals surface area contributed by atoms with Gasteiger partial charge in [-0.15, -0.1) is 0 Å². The fourth-order valence-corrected chi connectivity index (χ4v) is 1.35. The molecule has 0 N–H and O–H groups in total. The molecule has 0 aliphatic heterocycles. The fourth-order valence-electron chi connectivity index (χ4n) is 1.35. The maximum Gasteiger partial charge on any atom is 0.335 e. The average Bonchev–Trinajstić information content (AvgIpc) is 2.02. The summed E-state index contributed by atoms with van der Waals surface area (Å²) in [5.41, 5.74) is -0.166. The van der Waals surface area contributed by atoms with Gasteiger partial charge in [-0.2, -0.15) is 0 Å². The third kappa shape index (κ3) is 1.30. The van der Waals surface area contributed by atoms with Gasteiger partial charge in [-0.05, 0) is 6.07 Å². The number of ketones is 2. The van der Waals surface area contributed by atoms with Gasteiger partial charge in [0.25, 0.3) is 0 Å². The Labute approximate surface area is 73.2 Å². The first kappa shape index (κ1) is 7.91. The number of carbonyl (C=O) groups excluding carboxylic acids is 2. The summed E-state index contributed by atoms with van der Waals surface area (Å²) in [6.07, 6.45) is -0.0299. The van der Waals surface area contributed by atoms with Crippen molar-refractivity contribution in [3.8, 4) is 0 Å². The standard InChI is InChI=1S/C9H6O4/c10-5-3-7(11)6-1-2-9(12)13-8(6)4-5/h1-2H,3-4H2. The molecule has 13 heavy (non-hydrogen) atoms. The highest BCUT2D eigenvalue weighted by Crippen LogP contribution is 2.16. The van der Waals surface area contributed by atoms with Crippen LogP contribution >= 0.6 is 0 Å². The molecule has 0 aromatic carbocycles. The Balaban J connectivity index is 2.62. The quantitative estimate of drug-likeness (QED) is 0.537. The zero-order chi connectivity index (χ0) is 9.42. The number of hydrogen-bond donors (Lipinski definition) is 0. The number of fused-ring (bicyclic) bond motifs is 1. The van der Waals surface area contributed by atoms with Crippen molar-refractivity contribution in [2.45, 2.75) is 12.8 Å². The minimum atomic E-state index is -0.527. The van der Waals surface area contributed by atoms with E-state index < -0.39 is 5.63 Å². The number of carbonyl (C=O) groups is 2. The van der Waals surface area contributed by atoms with Gasteiger partial charge in [0.05, 0.1) is 18.4 Å². The molecule has 1 aromatic heterocycles. The monoisotopic (exact) mass is 178 g/mol. The summed E-state index contributed by atoms with van der Waals surface area (Å²) in [4.78, 5) is 33.0. The second-order valence-corrected chi connectivity index (χ2v) is 2.91. The SMILES string of the molecule is O=C1CC(=O)c2ccc(=O)oc2C1. The van der Waals surface area contributed by atoms with Crippen LogP contribution in [-0.4, -0.2) is 11.6 Å². The van der Waals surface area contributed by atoms with Gasteiger partial charge >= 0.3 is 5.63 Å². The molecule has 0 fully saturated rings. The van der Waals surface area contributed by atoms with Gasteiger partial charge in [0.1, 0.15) is 11.5 Å². The molecule has 0 unspecified atom stereocenters. The first-order valence-electron chi connectivity index (χ1n) is 3.85. The molecule has 0 saturated heterocycles. The lowest BCUT2D eigenvalue weighted by molar-refractivity contribution is -0.118. The summed E-state index contributed by atoms with van der Waals surface area (Å²) >= 11 is 0. The average molecular weight is 178 g/mol. The second-order valence-electron chi connectivity index (χ2n) is 2.91. The molecule has 1 aliphatic rings. The third-order valence-corrected chi connectivity index (χ3v) is 1.93. The maximum absolute atomic E-state index is 11.2. The lowest BCUT2D eigenvalue weighted by Gasteiger charge is -2.10.